The number of aromatic nitrogens is 1. The van der Waals surface area contributed by atoms with Crippen molar-refractivity contribution >= 4 is 71.6 Å². The highest BCUT2D eigenvalue weighted by molar-refractivity contribution is 6.10. The van der Waals surface area contributed by atoms with Crippen LogP contribution in [0.1, 0.15) is 0 Å². The van der Waals surface area contributed by atoms with E-state index in [9.17, 15) is 0 Å². The van der Waals surface area contributed by atoms with Crippen LogP contribution in [0.5, 0.6) is 0 Å². The predicted molar refractivity (Wildman–Crippen MR) is 282 cm³/mol. The van der Waals surface area contributed by atoms with E-state index in [0.29, 0.717) is 0 Å². The molecule has 67 heavy (non-hydrogen) atoms. The molecular weight excluding hydrogens is 813 g/mol. The van der Waals surface area contributed by atoms with E-state index >= 15 is 0 Å². The van der Waals surface area contributed by atoms with E-state index in [-0.39, 0.29) is 0 Å². The van der Waals surface area contributed by atoms with Crippen LogP contribution in [0.4, 0.5) is 17.1 Å². The molecule has 0 aliphatic rings. The van der Waals surface area contributed by atoms with Gasteiger partial charge in [-0.2, -0.15) is 0 Å². The van der Waals surface area contributed by atoms with Crippen LogP contribution in [0.15, 0.2) is 259 Å². The SMILES string of the molecule is c1cc(-c2ccc(N(c3ccc(-c4ccccc4-n4c5ccccc5c5ccccc54)cc3)c3ccccc3-c3ccc4oc5ccccc5c4c3)cc2)cc(-c2cccc3ccccc23)c1. The zero-order chi connectivity index (χ0) is 44.3. The first-order valence-electron chi connectivity index (χ1n) is 22.9. The summed E-state index contributed by atoms with van der Waals surface area (Å²) in [7, 11) is 0. The second-order valence-corrected chi connectivity index (χ2v) is 17.2. The van der Waals surface area contributed by atoms with Crippen LogP contribution < -0.4 is 4.90 Å². The Morgan fingerprint density at radius 1 is 0.299 bits per heavy atom. The molecule has 0 radical (unpaired) electrons. The minimum atomic E-state index is 0.885. The zero-order valence-electron chi connectivity index (χ0n) is 36.6. The summed E-state index contributed by atoms with van der Waals surface area (Å²) in [6.45, 7) is 0. The van der Waals surface area contributed by atoms with Crippen molar-refractivity contribution in [3.05, 3.63) is 255 Å². The number of anilines is 3. The van der Waals surface area contributed by atoms with Gasteiger partial charge in [0.1, 0.15) is 11.2 Å². The van der Waals surface area contributed by atoms with Crippen molar-refractivity contribution in [1.82, 2.24) is 4.57 Å². The third-order valence-corrected chi connectivity index (χ3v) is 13.4. The van der Waals surface area contributed by atoms with E-state index in [4.69, 9.17) is 4.42 Å². The van der Waals surface area contributed by atoms with Crippen molar-refractivity contribution in [3.8, 4) is 50.2 Å². The number of nitrogens with zero attached hydrogens (tertiary/aromatic N) is 2. The molecule has 0 fully saturated rings. The average molecular weight is 855 g/mol. The molecule has 0 bridgehead atoms. The third-order valence-electron chi connectivity index (χ3n) is 13.4. The summed E-state index contributed by atoms with van der Waals surface area (Å²) in [6.07, 6.45) is 0. The number of para-hydroxylation sites is 5. The molecule has 314 valence electrons. The van der Waals surface area contributed by atoms with Gasteiger partial charge >= 0.3 is 0 Å². The predicted octanol–water partition coefficient (Wildman–Crippen LogP) is 18.0. The Bertz CT molecular complexity index is 3930. The van der Waals surface area contributed by atoms with Gasteiger partial charge in [-0.15, -0.1) is 0 Å². The Hall–Kier alpha value is -8.92. The maximum absolute atomic E-state index is 6.27. The Balaban J connectivity index is 0.932. The van der Waals surface area contributed by atoms with Crippen LogP contribution in [0.3, 0.4) is 0 Å². The maximum atomic E-state index is 6.27. The van der Waals surface area contributed by atoms with Crippen molar-refractivity contribution in [2.45, 2.75) is 0 Å². The smallest absolute Gasteiger partial charge is 0.135 e. The lowest BCUT2D eigenvalue weighted by molar-refractivity contribution is 0.669. The Kier molecular flexibility index (Phi) is 9.17. The van der Waals surface area contributed by atoms with Crippen LogP contribution in [-0.2, 0) is 0 Å². The van der Waals surface area contributed by atoms with Crippen molar-refractivity contribution in [1.29, 1.82) is 0 Å². The van der Waals surface area contributed by atoms with Gasteiger partial charge in [-0.25, -0.2) is 0 Å². The molecule has 0 saturated heterocycles. The lowest BCUT2D eigenvalue weighted by Crippen LogP contribution is -2.11. The molecule has 3 heteroatoms. The van der Waals surface area contributed by atoms with E-state index in [1.165, 1.54) is 54.8 Å². The van der Waals surface area contributed by atoms with Gasteiger partial charge in [-0.1, -0.05) is 182 Å². The van der Waals surface area contributed by atoms with Crippen LogP contribution in [0, 0.1) is 0 Å². The number of hydrogen-bond donors (Lipinski definition) is 0. The van der Waals surface area contributed by atoms with Gasteiger partial charge in [0.2, 0.25) is 0 Å². The molecule has 11 aromatic carbocycles. The largest absolute Gasteiger partial charge is 0.456 e. The fourth-order valence-electron chi connectivity index (χ4n) is 10.3. The van der Waals surface area contributed by atoms with Crippen molar-refractivity contribution < 1.29 is 4.42 Å². The Labute approximate surface area is 388 Å². The number of rotatable bonds is 8. The molecule has 2 aromatic heterocycles. The zero-order valence-corrected chi connectivity index (χ0v) is 36.6. The molecule has 0 N–H and O–H groups in total. The van der Waals surface area contributed by atoms with Crippen molar-refractivity contribution in [2.24, 2.45) is 0 Å². The fourth-order valence-corrected chi connectivity index (χ4v) is 10.3. The molecule has 0 aliphatic carbocycles. The quantitative estimate of drug-likeness (QED) is 0.152. The van der Waals surface area contributed by atoms with E-state index < -0.39 is 0 Å². The number of hydrogen-bond acceptors (Lipinski definition) is 2. The number of furan rings is 1. The van der Waals surface area contributed by atoms with E-state index in [1.54, 1.807) is 0 Å². The molecule has 0 spiro atoms. The van der Waals surface area contributed by atoms with Crippen LogP contribution in [-0.4, -0.2) is 4.57 Å². The minimum absolute atomic E-state index is 0.885. The number of benzene rings is 11. The number of fused-ring (bicyclic) bond motifs is 7. The molecule has 0 unspecified atom stereocenters. The van der Waals surface area contributed by atoms with Gasteiger partial charge in [-0.3, -0.25) is 0 Å². The molecule has 13 aromatic rings. The first kappa shape index (κ1) is 38.5. The standard InChI is InChI=1S/C64H42N2O/c1-2-19-51-44(15-1)16-14-25-52(51)47-18-13-17-46(41-47)43-31-36-49(37-32-43)65(59-26-8-4-21-54(59)48-35-40-64-58(42-48)57-24-7-12-30-63(57)67-64)50-38-33-45(34-39-50)53-20-3-9-27-60(53)66-61-28-10-5-22-55(61)56-23-6-11-29-62(56)66/h1-42H. The highest BCUT2D eigenvalue weighted by atomic mass is 16.3. The monoisotopic (exact) mass is 854 g/mol. The van der Waals surface area contributed by atoms with Gasteiger partial charge in [0, 0.05) is 44.0 Å². The van der Waals surface area contributed by atoms with Crippen LogP contribution >= 0.6 is 0 Å². The minimum Gasteiger partial charge on any atom is -0.456 e. The van der Waals surface area contributed by atoms with E-state index in [0.717, 1.165) is 66.9 Å². The summed E-state index contributed by atoms with van der Waals surface area (Å²) in [6, 6.07) is 92.0. The molecule has 2 heterocycles. The molecule has 0 aliphatic heterocycles. The molecule has 3 nitrogen and oxygen atoms in total. The molecule has 0 atom stereocenters. The fraction of sp³-hybridized carbons (Fsp3) is 0. The summed E-state index contributed by atoms with van der Waals surface area (Å²) in [5.74, 6) is 0. The maximum Gasteiger partial charge on any atom is 0.135 e. The highest BCUT2D eigenvalue weighted by Crippen LogP contribution is 2.44. The summed E-state index contributed by atoms with van der Waals surface area (Å²) < 4.78 is 8.68. The lowest BCUT2D eigenvalue weighted by atomic mass is 9.95. The normalized spacial score (nSPS) is 11.6. The molecule has 13 rings (SSSR count). The van der Waals surface area contributed by atoms with Crippen LogP contribution in [0.2, 0.25) is 0 Å². The van der Waals surface area contributed by atoms with Crippen molar-refractivity contribution in [3.63, 3.8) is 0 Å². The van der Waals surface area contributed by atoms with Gasteiger partial charge in [0.25, 0.3) is 0 Å². The Morgan fingerprint density at radius 2 is 0.821 bits per heavy atom. The van der Waals surface area contributed by atoms with Crippen molar-refractivity contribution in [2.75, 3.05) is 4.90 Å². The van der Waals surface area contributed by atoms with Gasteiger partial charge < -0.3 is 13.9 Å². The second kappa shape index (κ2) is 16.0. The summed E-state index contributed by atoms with van der Waals surface area (Å²) in [4.78, 5) is 2.39. The first-order chi connectivity index (χ1) is 33.2. The average Bonchev–Trinajstić information content (AvgIpc) is 3.95. The summed E-state index contributed by atoms with van der Waals surface area (Å²) in [5.41, 5.74) is 17.9. The first-order valence-corrected chi connectivity index (χ1v) is 22.9. The lowest BCUT2D eigenvalue weighted by Gasteiger charge is -2.28. The van der Waals surface area contributed by atoms with Crippen LogP contribution in [0.25, 0.3) is 105 Å². The molecule has 0 amide bonds. The third kappa shape index (κ3) is 6.59. The topological polar surface area (TPSA) is 21.3 Å². The highest BCUT2D eigenvalue weighted by Gasteiger charge is 2.20. The molecule has 0 saturated carbocycles. The molecular formula is C64H42N2O. The summed E-state index contributed by atoms with van der Waals surface area (Å²) in [5, 5.41) is 7.23. The van der Waals surface area contributed by atoms with Gasteiger partial charge in [0.15, 0.2) is 0 Å². The Morgan fingerprint density at radius 3 is 1.60 bits per heavy atom. The summed E-state index contributed by atoms with van der Waals surface area (Å²) >= 11 is 0. The van der Waals surface area contributed by atoms with Gasteiger partial charge in [-0.05, 0) is 117 Å². The van der Waals surface area contributed by atoms with E-state index in [1.807, 2.05) is 12.1 Å². The van der Waals surface area contributed by atoms with Gasteiger partial charge in [0.05, 0.1) is 22.4 Å². The van der Waals surface area contributed by atoms with E-state index in [2.05, 4.69) is 252 Å². The second-order valence-electron chi connectivity index (χ2n) is 17.2.